The number of nitrogens with zero attached hydrogens (tertiary/aromatic N) is 1. The first-order valence-electron chi connectivity index (χ1n) is 8.74. The van der Waals surface area contributed by atoms with Crippen LogP contribution in [0.2, 0.25) is 0 Å². The maximum absolute atomic E-state index is 11.8. The van der Waals surface area contributed by atoms with Gasteiger partial charge in [0.15, 0.2) is 12.2 Å². The Morgan fingerprint density at radius 2 is 1.93 bits per heavy atom. The lowest BCUT2D eigenvalue weighted by Gasteiger charge is -2.06. The van der Waals surface area contributed by atoms with Crippen LogP contribution in [0.15, 0.2) is 59.0 Å². The second-order valence-electron chi connectivity index (χ2n) is 5.91. The maximum Gasteiger partial charge on any atom is 0.331 e. The van der Waals surface area contributed by atoms with Gasteiger partial charge in [-0.3, -0.25) is 4.79 Å². The Balaban J connectivity index is 1.38. The van der Waals surface area contributed by atoms with Gasteiger partial charge >= 0.3 is 5.97 Å². The molecular weight excluding hydrogens is 360 g/mol. The molecule has 0 unspecified atom stereocenters. The van der Waals surface area contributed by atoms with Crippen LogP contribution in [0.1, 0.15) is 11.5 Å². The predicted molar refractivity (Wildman–Crippen MR) is 104 cm³/mol. The van der Waals surface area contributed by atoms with Crippen molar-refractivity contribution in [2.45, 2.75) is 6.42 Å². The molecule has 0 spiro atoms. The van der Waals surface area contributed by atoms with Gasteiger partial charge in [0.25, 0.3) is 5.91 Å². The van der Waals surface area contributed by atoms with E-state index in [0.717, 1.165) is 11.3 Å². The molecule has 0 saturated carbocycles. The van der Waals surface area contributed by atoms with Crippen molar-refractivity contribution in [2.75, 3.05) is 20.3 Å². The van der Waals surface area contributed by atoms with E-state index in [4.69, 9.17) is 13.9 Å². The van der Waals surface area contributed by atoms with Crippen molar-refractivity contribution in [1.82, 2.24) is 10.3 Å². The van der Waals surface area contributed by atoms with Crippen LogP contribution in [-0.2, 0) is 20.7 Å². The number of hydrogen-bond acceptors (Lipinski definition) is 6. The van der Waals surface area contributed by atoms with Crippen LogP contribution >= 0.6 is 0 Å². The van der Waals surface area contributed by atoms with E-state index >= 15 is 0 Å². The van der Waals surface area contributed by atoms with Crippen LogP contribution in [0, 0.1) is 0 Å². The van der Waals surface area contributed by atoms with Crippen molar-refractivity contribution in [3.8, 4) is 5.75 Å². The number of benzene rings is 2. The highest BCUT2D eigenvalue weighted by Gasteiger charge is 2.06. The molecule has 0 aliphatic carbocycles. The van der Waals surface area contributed by atoms with Crippen LogP contribution in [0.5, 0.6) is 5.75 Å². The van der Waals surface area contributed by atoms with E-state index in [1.54, 1.807) is 13.2 Å². The van der Waals surface area contributed by atoms with Gasteiger partial charge in [0.2, 0.25) is 5.89 Å². The van der Waals surface area contributed by atoms with Gasteiger partial charge in [-0.05, 0) is 36.2 Å². The molecular formula is C21H20N2O5. The SMILES string of the molecule is COc1ccc(CCNC(=O)COC(=O)/C=C/c2nc3ccccc3o2)cc1. The van der Waals surface area contributed by atoms with Gasteiger partial charge in [-0.15, -0.1) is 0 Å². The monoisotopic (exact) mass is 380 g/mol. The van der Waals surface area contributed by atoms with Crippen LogP contribution in [0.3, 0.4) is 0 Å². The molecule has 0 fully saturated rings. The summed E-state index contributed by atoms with van der Waals surface area (Å²) in [5.74, 6) is 0.0670. The van der Waals surface area contributed by atoms with Gasteiger partial charge in [-0.1, -0.05) is 24.3 Å². The summed E-state index contributed by atoms with van der Waals surface area (Å²) >= 11 is 0. The fourth-order valence-corrected chi connectivity index (χ4v) is 2.47. The molecule has 0 bridgehead atoms. The lowest BCUT2D eigenvalue weighted by atomic mass is 10.1. The number of carbonyl (C=O) groups is 2. The van der Waals surface area contributed by atoms with Crippen LogP contribution in [0.25, 0.3) is 17.2 Å². The second kappa shape index (κ2) is 9.36. The second-order valence-corrected chi connectivity index (χ2v) is 5.91. The normalized spacial score (nSPS) is 10.9. The third kappa shape index (κ3) is 5.44. The van der Waals surface area contributed by atoms with Gasteiger partial charge in [0, 0.05) is 18.7 Å². The molecule has 0 aliphatic heterocycles. The smallest absolute Gasteiger partial charge is 0.331 e. The Bertz CT molecular complexity index is 943. The summed E-state index contributed by atoms with van der Waals surface area (Å²) in [6, 6.07) is 14.9. The van der Waals surface area contributed by atoms with Crippen molar-refractivity contribution in [1.29, 1.82) is 0 Å². The maximum atomic E-state index is 11.8. The number of hydrogen-bond donors (Lipinski definition) is 1. The van der Waals surface area contributed by atoms with E-state index < -0.39 is 5.97 Å². The number of carbonyl (C=O) groups excluding carboxylic acids is 2. The number of nitrogens with one attached hydrogen (secondary N) is 1. The summed E-state index contributed by atoms with van der Waals surface area (Å²) in [5, 5.41) is 2.70. The molecule has 7 heteroatoms. The summed E-state index contributed by atoms with van der Waals surface area (Å²) in [4.78, 5) is 27.7. The Morgan fingerprint density at radius 3 is 2.68 bits per heavy atom. The van der Waals surface area contributed by atoms with E-state index in [0.29, 0.717) is 30.0 Å². The third-order valence-corrected chi connectivity index (χ3v) is 3.91. The number of oxazole rings is 1. The van der Waals surface area contributed by atoms with E-state index in [9.17, 15) is 9.59 Å². The van der Waals surface area contributed by atoms with E-state index in [1.807, 2.05) is 42.5 Å². The topological polar surface area (TPSA) is 90.7 Å². The van der Waals surface area contributed by atoms with Gasteiger partial charge < -0.3 is 19.2 Å². The largest absolute Gasteiger partial charge is 0.497 e. The number of amides is 1. The predicted octanol–water partition coefficient (Wildman–Crippen LogP) is 2.75. The highest BCUT2D eigenvalue weighted by molar-refractivity contribution is 5.89. The number of ether oxygens (including phenoxy) is 2. The average Bonchev–Trinajstić information content (AvgIpc) is 3.14. The fraction of sp³-hybridized carbons (Fsp3) is 0.190. The highest BCUT2D eigenvalue weighted by Crippen LogP contribution is 2.15. The van der Waals surface area contributed by atoms with Crippen molar-refractivity contribution < 1.29 is 23.5 Å². The molecule has 0 saturated heterocycles. The van der Waals surface area contributed by atoms with Crippen LogP contribution < -0.4 is 10.1 Å². The van der Waals surface area contributed by atoms with E-state index in [2.05, 4.69) is 10.3 Å². The van der Waals surface area contributed by atoms with Crippen molar-refractivity contribution >= 4 is 29.1 Å². The minimum atomic E-state index is -0.646. The molecule has 1 aromatic heterocycles. The summed E-state index contributed by atoms with van der Waals surface area (Å²) in [6.45, 7) is 0.0980. The lowest BCUT2D eigenvalue weighted by Crippen LogP contribution is -2.30. The minimum absolute atomic E-state index is 0.294. The number of esters is 1. The standard InChI is InChI=1S/C21H20N2O5/c1-26-16-8-6-15(7-9-16)12-13-22-19(24)14-27-21(25)11-10-20-23-17-4-2-3-5-18(17)28-20/h2-11H,12-14H2,1H3,(H,22,24)/b11-10+. The molecule has 3 aromatic rings. The summed E-state index contributed by atoms with van der Waals surface area (Å²) in [6.07, 6.45) is 3.25. The van der Waals surface area contributed by atoms with Crippen LogP contribution in [-0.4, -0.2) is 37.1 Å². The minimum Gasteiger partial charge on any atom is -0.497 e. The number of aromatic nitrogens is 1. The summed E-state index contributed by atoms with van der Waals surface area (Å²) < 4.78 is 15.5. The molecule has 7 nitrogen and oxygen atoms in total. The Kier molecular flexibility index (Phi) is 6.41. The first-order chi connectivity index (χ1) is 13.6. The van der Waals surface area contributed by atoms with E-state index in [-0.39, 0.29) is 12.5 Å². The van der Waals surface area contributed by atoms with Gasteiger partial charge in [0.05, 0.1) is 7.11 Å². The Hall–Kier alpha value is -3.61. The van der Waals surface area contributed by atoms with Gasteiger partial charge in [-0.25, -0.2) is 9.78 Å². The molecule has 0 atom stereocenters. The average molecular weight is 380 g/mol. The number of methoxy groups -OCH3 is 1. The summed E-state index contributed by atoms with van der Waals surface area (Å²) in [7, 11) is 1.61. The van der Waals surface area contributed by atoms with Crippen molar-refractivity contribution in [3.63, 3.8) is 0 Å². The summed E-state index contributed by atoms with van der Waals surface area (Å²) in [5.41, 5.74) is 2.40. The van der Waals surface area contributed by atoms with Crippen molar-refractivity contribution in [2.24, 2.45) is 0 Å². The molecule has 0 aliphatic rings. The molecule has 3 rings (SSSR count). The zero-order valence-corrected chi connectivity index (χ0v) is 15.4. The van der Waals surface area contributed by atoms with Gasteiger partial charge in [-0.2, -0.15) is 0 Å². The molecule has 0 radical (unpaired) electrons. The Morgan fingerprint density at radius 1 is 1.14 bits per heavy atom. The van der Waals surface area contributed by atoms with E-state index in [1.165, 1.54) is 12.2 Å². The third-order valence-electron chi connectivity index (χ3n) is 3.91. The molecule has 2 aromatic carbocycles. The van der Waals surface area contributed by atoms with Gasteiger partial charge in [0.1, 0.15) is 11.3 Å². The number of fused-ring (bicyclic) bond motifs is 1. The highest BCUT2D eigenvalue weighted by atomic mass is 16.5. The first kappa shape index (κ1) is 19.2. The fourth-order valence-electron chi connectivity index (χ4n) is 2.47. The Labute approximate surface area is 162 Å². The molecule has 144 valence electrons. The molecule has 1 amide bonds. The van der Waals surface area contributed by atoms with Crippen molar-refractivity contribution in [3.05, 3.63) is 66.1 Å². The number of para-hydroxylation sites is 2. The molecule has 1 N–H and O–H groups in total. The first-order valence-corrected chi connectivity index (χ1v) is 8.74. The number of rotatable bonds is 8. The quantitative estimate of drug-likeness (QED) is 0.477. The molecule has 1 heterocycles. The zero-order chi connectivity index (χ0) is 19.8. The van der Waals surface area contributed by atoms with Crippen LogP contribution in [0.4, 0.5) is 0 Å². The lowest BCUT2D eigenvalue weighted by molar-refractivity contribution is -0.143. The zero-order valence-electron chi connectivity index (χ0n) is 15.4. The molecule has 28 heavy (non-hydrogen) atoms.